The van der Waals surface area contributed by atoms with Crippen LogP contribution in [-0.4, -0.2) is 65.6 Å². The molecule has 24 heavy (non-hydrogen) atoms. The number of carboxylic acid groups (broad SMARTS) is 1. The lowest BCUT2D eigenvalue weighted by molar-refractivity contribution is -0.139. The molecule has 1 aliphatic heterocycles. The van der Waals surface area contributed by atoms with E-state index in [0.29, 0.717) is 37.6 Å². The van der Waals surface area contributed by atoms with Crippen molar-refractivity contribution in [2.75, 3.05) is 32.8 Å². The van der Waals surface area contributed by atoms with Crippen LogP contribution in [0.25, 0.3) is 0 Å². The summed E-state index contributed by atoms with van der Waals surface area (Å²) < 4.78 is 5.45. The zero-order chi connectivity index (χ0) is 17.5. The molecular formula is C18H26N2O4. The first-order valence-electron chi connectivity index (χ1n) is 8.53. The van der Waals surface area contributed by atoms with Crippen LogP contribution >= 0.6 is 0 Å². The Bertz CT molecular complexity index is 568. The second-order valence-electron chi connectivity index (χ2n) is 5.94. The van der Waals surface area contributed by atoms with E-state index in [1.54, 1.807) is 12.1 Å². The first kappa shape index (κ1) is 18.3. The van der Waals surface area contributed by atoms with Crippen molar-refractivity contribution in [3.63, 3.8) is 0 Å². The second kappa shape index (κ2) is 8.68. The van der Waals surface area contributed by atoms with Crippen LogP contribution in [0.15, 0.2) is 24.3 Å². The molecule has 1 amide bonds. The van der Waals surface area contributed by atoms with E-state index in [2.05, 4.69) is 0 Å². The van der Waals surface area contributed by atoms with E-state index >= 15 is 0 Å². The number of likely N-dealkylation sites (tertiary alicyclic amines) is 1. The Morgan fingerprint density at radius 1 is 1.29 bits per heavy atom. The molecule has 1 saturated heterocycles. The molecule has 0 atom stereocenters. The van der Waals surface area contributed by atoms with E-state index in [4.69, 9.17) is 9.84 Å². The van der Waals surface area contributed by atoms with Gasteiger partial charge in [-0.2, -0.15) is 0 Å². The molecule has 1 aromatic carbocycles. The number of hydrogen-bond donors (Lipinski definition) is 1. The van der Waals surface area contributed by atoms with Gasteiger partial charge < -0.3 is 14.7 Å². The minimum absolute atomic E-state index is 0.0105. The van der Waals surface area contributed by atoms with Gasteiger partial charge in [0.1, 0.15) is 5.75 Å². The van der Waals surface area contributed by atoms with Crippen LogP contribution < -0.4 is 4.74 Å². The molecule has 1 aliphatic rings. The molecule has 0 bridgehead atoms. The Morgan fingerprint density at radius 2 is 2.00 bits per heavy atom. The highest BCUT2D eigenvalue weighted by molar-refractivity contribution is 5.94. The number of carbonyl (C=O) groups is 2. The van der Waals surface area contributed by atoms with Crippen LogP contribution in [0.2, 0.25) is 0 Å². The zero-order valence-corrected chi connectivity index (χ0v) is 14.4. The van der Waals surface area contributed by atoms with Crippen LogP contribution in [-0.2, 0) is 4.79 Å². The molecular weight excluding hydrogens is 308 g/mol. The van der Waals surface area contributed by atoms with Crippen molar-refractivity contribution in [2.45, 2.75) is 32.7 Å². The average Bonchev–Trinajstić information content (AvgIpc) is 2.59. The van der Waals surface area contributed by atoms with Gasteiger partial charge in [0.15, 0.2) is 0 Å². The number of carbonyl (C=O) groups excluding carboxylic acids is 1. The van der Waals surface area contributed by atoms with Crippen molar-refractivity contribution in [1.82, 2.24) is 9.80 Å². The summed E-state index contributed by atoms with van der Waals surface area (Å²) in [6.07, 6.45) is 1.61. The standard InChI is InChI=1S/C18H26N2O4/c1-3-19(13-17(21)22)15-8-10-20(11-9-15)18(23)14-6-5-7-16(12-14)24-4-2/h5-7,12,15H,3-4,8-11,13H2,1-2H3,(H,21,22). The first-order valence-corrected chi connectivity index (χ1v) is 8.53. The zero-order valence-electron chi connectivity index (χ0n) is 14.4. The minimum Gasteiger partial charge on any atom is -0.494 e. The molecule has 1 aromatic rings. The molecule has 1 fully saturated rings. The summed E-state index contributed by atoms with van der Waals surface area (Å²) in [5.74, 6) is -0.0868. The number of benzene rings is 1. The molecule has 1 heterocycles. The van der Waals surface area contributed by atoms with Gasteiger partial charge in [-0.1, -0.05) is 13.0 Å². The fourth-order valence-corrected chi connectivity index (χ4v) is 3.18. The fraction of sp³-hybridized carbons (Fsp3) is 0.556. The number of rotatable bonds is 7. The van der Waals surface area contributed by atoms with E-state index in [1.807, 2.05) is 35.8 Å². The summed E-state index contributed by atoms with van der Waals surface area (Å²) in [5.41, 5.74) is 0.636. The third kappa shape index (κ3) is 4.71. The number of nitrogens with zero attached hydrogens (tertiary/aromatic N) is 2. The van der Waals surface area contributed by atoms with Gasteiger partial charge in [0.25, 0.3) is 5.91 Å². The predicted molar refractivity (Wildman–Crippen MR) is 91.4 cm³/mol. The maximum Gasteiger partial charge on any atom is 0.317 e. The Hall–Kier alpha value is -2.08. The molecule has 1 N–H and O–H groups in total. The van der Waals surface area contributed by atoms with Gasteiger partial charge in [-0.25, -0.2) is 0 Å². The minimum atomic E-state index is -0.803. The van der Waals surface area contributed by atoms with Crippen molar-refractivity contribution >= 4 is 11.9 Å². The lowest BCUT2D eigenvalue weighted by Crippen LogP contribution is -2.48. The van der Waals surface area contributed by atoms with Crippen LogP contribution in [0.5, 0.6) is 5.75 Å². The highest BCUT2D eigenvalue weighted by Gasteiger charge is 2.27. The molecule has 0 aliphatic carbocycles. The van der Waals surface area contributed by atoms with E-state index in [-0.39, 0.29) is 18.5 Å². The highest BCUT2D eigenvalue weighted by Crippen LogP contribution is 2.20. The Morgan fingerprint density at radius 3 is 2.58 bits per heavy atom. The summed E-state index contributed by atoms with van der Waals surface area (Å²) in [7, 11) is 0. The first-order chi connectivity index (χ1) is 11.5. The Labute approximate surface area is 143 Å². The lowest BCUT2D eigenvalue weighted by atomic mass is 10.0. The van der Waals surface area contributed by atoms with Gasteiger partial charge in [-0.15, -0.1) is 0 Å². The molecule has 6 heteroatoms. The normalized spacial score (nSPS) is 15.5. The van der Waals surface area contributed by atoms with E-state index in [1.165, 1.54) is 0 Å². The van der Waals surface area contributed by atoms with Gasteiger partial charge in [0.05, 0.1) is 13.2 Å². The van der Waals surface area contributed by atoms with E-state index in [0.717, 1.165) is 12.8 Å². The number of amides is 1. The maximum atomic E-state index is 12.6. The largest absolute Gasteiger partial charge is 0.494 e. The van der Waals surface area contributed by atoms with Gasteiger partial charge in [-0.05, 0) is 44.5 Å². The highest BCUT2D eigenvalue weighted by atomic mass is 16.5. The smallest absolute Gasteiger partial charge is 0.317 e. The molecule has 0 saturated carbocycles. The fourth-order valence-electron chi connectivity index (χ4n) is 3.18. The number of carboxylic acids is 1. The average molecular weight is 334 g/mol. The molecule has 2 rings (SSSR count). The van der Waals surface area contributed by atoms with E-state index in [9.17, 15) is 9.59 Å². The van der Waals surface area contributed by atoms with Gasteiger partial charge in [-0.3, -0.25) is 14.5 Å². The number of piperidine rings is 1. The number of ether oxygens (including phenoxy) is 1. The summed E-state index contributed by atoms with van der Waals surface area (Å²) in [4.78, 5) is 27.4. The Balaban J connectivity index is 1.95. The second-order valence-corrected chi connectivity index (χ2v) is 5.94. The number of likely N-dealkylation sites (N-methyl/N-ethyl adjacent to an activating group) is 1. The third-order valence-electron chi connectivity index (χ3n) is 4.40. The summed E-state index contributed by atoms with van der Waals surface area (Å²) in [6.45, 7) is 6.53. The lowest BCUT2D eigenvalue weighted by Gasteiger charge is -2.37. The summed E-state index contributed by atoms with van der Waals surface area (Å²) >= 11 is 0. The van der Waals surface area contributed by atoms with Crippen molar-refractivity contribution < 1.29 is 19.4 Å². The van der Waals surface area contributed by atoms with Gasteiger partial charge >= 0.3 is 5.97 Å². The van der Waals surface area contributed by atoms with E-state index < -0.39 is 5.97 Å². The molecule has 0 unspecified atom stereocenters. The Kier molecular flexibility index (Phi) is 6.61. The molecule has 6 nitrogen and oxygen atoms in total. The maximum absolute atomic E-state index is 12.6. The van der Waals surface area contributed by atoms with Crippen molar-refractivity contribution in [1.29, 1.82) is 0 Å². The monoisotopic (exact) mass is 334 g/mol. The van der Waals surface area contributed by atoms with Crippen LogP contribution in [0, 0.1) is 0 Å². The van der Waals surface area contributed by atoms with Crippen LogP contribution in [0.4, 0.5) is 0 Å². The molecule has 0 aromatic heterocycles. The number of hydrogen-bond acceptors (Lipinski definition) is 4. The molecule has 0 radical (unpaired) electrons. The molecule has 0 spiro atoms. The van der Waals surface area contributed by atoms with Crippen LogP contribution in [0.1, 0.15) is 37.0 Å². The SMILES string of the molecule is CCOc1cccc(C(=O)N2CCC(N(CC)CC(=O)O)CC2)c1. The van der Waals surface area contributed by atoms with Crippen LogP contribution in [0.3, 0.4) is 0 Å². The summed E-state index contributed by atoms with van der Waals surface area (Å²) in [5, 5.41) is 8.99. The van der Waals surface area contributed by atoms with Crippen molar-refractivity contribution in [2.24, 2.45) is 0 Å². The van der Waals surface area contributed by atoms with Gasteiger partial charge in [0, 0.05) is 24.7 Å². The molecule has 132 valence electrons. The topological polar surface area (TPSA) is 70.1 Å². The number of aliphatic carboxylic acids is 1. The van der Waals surface area contributed by atoms with Gasteiger partial charge in [0.2, 0.25) is 0 Å². The third-order valence-corrected chi connectivity index (χ3v) is 4.40. The predicted octanol–water partition coefficient (Wildman–Crippen LogP) is 2.10. The van der Waals surface area contributed by atoms with Crippen molar-refractivity contribution in [3.8, 4) is 5.75 Å². The van der Waals surface area contributed by atoms with Crippen molar-refractivity contribution in [3.05, 3.63) is 29.8 Å². The quantitative estimate of drug-likeness (QED) is 0.827. The summed E-state index contributed by atoms with van der Waals surface area (Å²) in [6, 6.07) is 7.49.